The Kier molecular flexibility index (Phi) is 6.50. The first-order chi connectivity index (χ1) is 9.44. The average Bonchev–Trinajstić information content (AvgIpc) is 2.53. The van der Waals surface area contributed by atoms with Crippen molar-refractivity contribution in [2.75, 3.05) is 6.54 Å². The number of carbonyl (C=O) groups is 2. The van der Waals surface area contributed by atoms with E-state index in [9.17, 15) is 9.59 Å². The fourth-order valence-electron chi connectivity index (χ4n) is 2.78. The molecule has 1 N–H and O–H groups in total. The van der Waals surface area contributed by atoms with Gasteiger partial charge in [0.25, 0.3) is 0 Å². The van der Waals surface area contributed by atoms with Crippen LogP contribution in [-0.2, 0) is 9.59 Å². The summed E-state index contributed by atoms with van der Waals surface area (Å²) in [7, 11) is 0. The van der Waals surface area contributed by atoms with Crippen LogP contribution in [0.5, 0.6) is 0 Å². The van der Waals surface area contributed by atoms with Crippen molar-refractivity contribution in [2.24, 2.45) is 11.8 Å². The minimum Gasteiger partial charge on any atom is -0.344 e. The molecule has 4 heteroatoms. The summed E-state index contributed by atoms with van der Waals surface area (Å²) in [5.74, 6) is 0.806. The zero-order valence-corrected chi connectivity index (χ0v) is 13.6. The van der Waals surface area contributed by atoms with Crippen LogP contribution in [0, 0.1) is 11.8 Å². The smallest absolute Gasteiger partial charge is 0.245 e. The standard InChI is InChI=1S/C16H30N2O2/c1-6-11(4)15-16(20)18(10-13(7-2)8-3)12(5)9-14(19)17-15/h11-13,15H,6-10H2,1-5H3,(H,17,19). The van der Waals surface area contributed by atoms with Crippen molar-refractivity contribution in [3.63, 3.8) is 0 Å². The molecule has 0 aromatic heterocycles. The monoisotopic (exact) mass is 282 g/mol. The van der Waals surface area contributed by atoms with Gasteiger partial charge < -0.3 is 10.2 Å². The average molecular weight is 282 g/mol. The fourth-order valence-corrected chi connectivity index (χ4v) is 2.78. The van der Waals surface area contributed by atoms with Crippen molar-refractivity contribution in [2.45, 2.75) is 72.4 Å². The van der Waals surface area contributed by atoms with Crippen molar-refractivity contribution >= 4 is 11.8 Å². The lowest BCUT2D eigenvalue weighted by Crippen LogP contribution is -2.50. The fraction of sp³-hybridized carbons (Fsp3) is 0.875. The number of nitrogens with zero attached hydrogens (tertiary/aromatic N) is 1. The topological polar surface area (TPSA) is 49.4 Å². The van der Waals surface area contributed by atoms with Crippen molar-refractivity contribution in [3.8, 4) is 0 Å². The molecule has 0 bridgehead atoms. The van der Waals surface area contributed by atoms with Crippen LogP contribution in [-0.4, -0.2) is 35.3 Å². The molecule has 1 aliphatic rings. The van der Waals surface area contributed by atoms with Gasteiger partial charge in [-0.05, 0) is 18.8 Å². The van der Waals surface area contributed by atoms with Gasteiger partial charge in [-0.1, -0.05) is 47.0 Å². The number of carbonyl (C=O) groups excluding carboxylic acids is 2. The predicted octanol–water partition coefficient (Wildman–Crippen LogP) is 2.57. The van der Waals surface area contributed by atoms with E-state index in [1.807, 2.05) is 18.7 Å². The van der Waals surface area contributed by atoms with E-state index in [0.29, 0.717) is 12.3 Å². The molecule has 3 unspecified atom stereocenters. The quantitative estimate of drug-likeness (QED) is 0.814. The molecule has 1 saturated heterocycles. The molecule has 0 saturated carbocycles. The summed E-state index contributed by atoms with van der Waals surface area (Å²) in [6, 6.07) is -0.357. The number of nitrogens with one attached hydrogen (secondary N) is 1. The molecule has 3 atom stereocenters. The molecular formula is C16H30N2O2. The zero-order valence-electron chi connectivity index (χ0n) is 13.6. The summed E-state index contributed by atoms with van der Waals surface area (Å²) in [5.41, 5.74) is 0. The van der Waals surface area contributed by atoms with Crippen LogP contribution in [0.25, 0.3) is 0 Å². The molecule has 0 spiro atoms. The van der Waals surface area contributed by atoms with E-state index in [1.54, 1.807) is 0 Å². The minimum absolute atomic E-state index is 0.00263. The minimum atomic E-state index is -0.355. The molecule has 20 heavy (non-hydrogen) atoms. The molecule has 1 aliphatic heterocycles. The van der Waals surface area contributed by atoms with Crippen LogP contribution in [0.15, 0.2) is 0 Å². The van der Waals surface area contributed by atoms with Crippen LogP contribution in [0.3, 0.4) is 0 Å². The molecule has 4 nitrogen and oxygen atoms in total. The predicted molar refractivity (Wildman–Crippen MR) is 81.2 cm³/mol. The Balaban J connectivity index is 2.93. The summed E-state index contributed by atoms with van der Waals surface area (Å²) in [6.07, 6.45) is 3.45. The van der Waals surface area contributed by atoms with Gasteiger partial charge in [0.2, 0.25) is 11.8 Å². The van der Waals surface area contributed by atoms with Gasteiger partial charge in [0, 0.05) is 19.0 Å². The second-order valence-electron chi connectivity index (χ2n) is 6.16. The third-order valence-corrected chi connectivity index (χ3v) is 4.70. The number of amides is 2. The first-order valence-electron chi connectivity index (χ1n) is 8.04. The van der Waals surface area contributed by atoms with Gasteiger partial charge in [0.15, 0.2) is 0 Å². The number of hydrogen-bond donors (Lipinski definition) is 1. The summed E-state index contributed by atoms with van der Waals surface area (Å²) in [4.78, 5) is 26.7. The van der Waals surface area contributed by atoms with Crippen LogP contribution in [0.4, 0.5) is 0 Å². The molecule has 0 radical (unpaired) electrons. The van der Waals surface area contributed by atoms with Gasteiger partial charge in [0.1, 0.15) is 6.04 Å². The lowest BCUT2D eigenvalue weighted by Gasteiger charge is -2.33. The molecule has 0 aliphatic carbocycles. The van der Waals surface area contributed by atoms with Gasteiger partial charge in [0.05, 0.1) is 0 Å². The Morgan fingerprint density at radius 3 is 2.30 bits per heavy atom. The molecular weight excluding hydrogens is 252 g/mol. The number of rotatable bonds is 6. The second-order valence-corrected chi connectivity index (χ2v) is 6.16. The maximum atomic E-state index is 12.8. The highest BCUT2D eigenvalue weighted by atomic mass is 16.2. The highest BCUT2D eigenvalue weighted by Gasteiger charge is 2.36. The van der Waals surface area contributed by atoms with Crippen molar-refractivity contribution in [3.05, 3.63) is 0 Å². The molecule has 116 valence electrons. The van der Waals surface area contributed by atoms with E-state index in [2.05, 4.69) is 26.1 Å². The summed E-state index contributed by atoms with van der Waals surface area (Å²) < 4.78 is 0. The lowest BCUT2D eigenvalue weighted by atomic mass is 9.96. The molecule has 1 heterocycles. The third kappa shape index (κ3) is 3.97. The van der Waals surface area contributed by atoms with E-state index in [-0.39, 0.29) is 29.8 Å². The summed E-state index contributed by atoms with van der Waals surface area (Å²) in [5, 5.41) is 2.92. The first kappa shape index (κ1) is 17.0. The summed E-state index contributed by atoms with van der Waals surface area (Å²) in [6.45, 7) is 11.2. The van der Waals surface area contributed by atoms with Gasteiger partial charge in [-0.25, -0.2) is 0 Å². The Morgan fingerprint density at radius 1 is 1.20 bits per heavy atom. The van der Waals surface area contributed by atoms with Gasteiger partial charge in [-0.2, -0.15) is 0 Å². The van der Waals surface area contributed by atoms with Crippen LogP contribution in [0.1, 0.15) is 60.3 Å². The Bertz CT molecular complexity index is 339. The molecule has 0 aromatic carbocycles. The molecule has 1 fully saturated rings. The van der Waals surface area contributed by atoms with Crippen molar-refractivity contribution < 1.29 is 9.59 Å². The second kappa shape index (κ2) is 7.65. The highest BCUT2D eigenvalue weighted by Crippen LogP contribution is 2.21. The van der Waals surface area contributed by atoms with E-state index in [0.717, 1.165) is 25.8 Å². The van der Waals surface area contributed by atoms with Crippen LogP contribution in [0.2, 0.25) is 0 Å². The van der Waals surface area contributed by atoms with Crippen molar-refractivity contribution in [1.82, 2.24) is 10.2 Å². The molecule has 1 rings (SSSR count). The maximum absolute atomic E-state index is 12.8. The Morgan fingerprint density at radius 2 is 1.80 bits per heavy atom. The van der Waals surface area contributed by atoms with Gasteiger partial charge in [-0.15, -0.1) is 0 Å². The van der Waals surface area contributed by atoms with Crippen LogP contribution >= 0.6 is 0 Å². The van der Waals surface area contributed by atoms with E-state index < -0.39 is 0 Å². The molecule has 2 amide bonds. The van der Waals surface area contributed by atoms with E-state index >= 15 is 0 Å². The normalized spacial score (nSPS) is 25.6. The SMILES string of the molecule is CCC(CC)CN1C(=O)C(C(C)CC)NC(=O)CC1C. The first-order valence-corrected chi connectivity index (χ1v) is 8.04. The van der Waals surface area contributed by atoms with E-state index in [4.69, 9.17) is 0 Å². The van der Waals surface area contributed by atoms with E-state index in [1.165, 1.54) is 0 Å². The molecule has 0 aromatic rings. The summed E-state index contributed by atoms with van der Waals surface area (Å²) >= 11 is 0. The Labute approximate surface area is 123 Å². The van der Waals surface area contributed by atoms with Gasteiger partial charge in [-0.3, -0.25) is 9.59 Å². The Hall–Kier alpha value is -1.06. The van der Waals surface area contributed by atoms with Crippen molar-refractivity contribution in [1.29, 1.82) is 0 Å². The van der Waals surface area contributed by atoms with Gasteiger partial charge >= 0.3 is 0 Å². The third-order valence-electron chi connectivity index (χ3n) is 4.70. The zero-order chi connectivity index (χ0) is 15.3. The lowest BCUT2D eigenvalue weighted by molar-refractivity contribution is -0.137. The maximum Gasteiger partial charge on any atom is 0.245 e. The largest absolute Gasteiger partial charge is 0.344 e. The van der Waals surface area contributed by atoms with Crippen LogP contribution < -0.4 is 5.32 Å². The number of hydrogen-bond acceptors (Lipinski definition) is 2. The highest BCUT2D eigenvalue weighted by molar-refractivity contribution is 5.90.